The van der Waals surface area contributed by atoms with E-state index >= 15 is 0 Å². The van der Waals surface area contributed by atoms with E-state index in [0.29, 0.717) is 0 Å². The molecule has 348 valence electrons. The maximum absolute atomic E-state index is 7.09. The van der Waals surface area contributed by atoms with Gasteiger partial charge in [-0.1, -0.05) is 49.4 Å². The molecule has 74 heavy (non-hydrogen) atoms. The van der Waals surface area contributed by atoms with E-state index in [-0.39, 0.29) is 83.4 Å². The second-order valence-corrected chi connectivity index (χ2v) is 20.7. The summed E-state index contributed by atoms with van der Waals surface area (Å²) in [4.78, 5) is 7.02. The minimum Gasteiger partial charge on any atom is 2.00 e. The molecule has 7 heteroatoms. The van der Waals surface area contributed by atoms with Gasteiger partial charge < -0.3 is 9.32 Å². The molecule has 0 radical (unpaired) electrons. The third-order valence-electron chi connectivity index (χ3n) is 14.1. The van der Waals surface area contributed by atoms with Gasteiger partial charge in [0.1, 0.15) is 5.58 Å². The summed E-state index contributed by atoms with van der Waals surface area (Å²) in [7, 11) is 0. The van der Waals surface area contributed by atoms with Gasteiger partial charge in [-0.2, -0.15) is 48.5 Å². The molecule has 14 rings (SSSR count). The molecule has 0 unspecified atom stereocenters. The van der Waals surface area contributed by atoms with Gasteiger partial charge in [0.25, 0.3) is 0 Å². The number of furan rings is 2. The minimum atomic E-state index is 0. The summed E-state index contributed by atoms with van der Waals surface area (Å²) in [5.41, 5.74) is 15.5. The van der Waals surface area contributed by atoms with Crippen molar-refractivity contribution in [2.24, 2.45) is 0 Å². The van der Waals surface area contributed by atoms with Gasteiger partial charge in [0.05, 0.1) is 11.4 Å². The number of benzene rings is 12. The molecule has 0 saturated carbocycles. The van der Waals surface area contributed by atoms with Crippen molar-refractivity contribution < 1.29 is 92.3 Å². The minimum absolute atomic E-state index is 0. The Balaban J connectivity index is 0.00000278. The van der Waals surface area contributed by atoms with Crippen LogP contribution in [-0.2, 0) is 4.43 Å². The number of alkyl halides is 2. The summed E-state index contributed by atoms with van der Waals surface area (Å²) in [5, 5.41) is 11.3. The van der Waals surface area contributed by atoms with Crippen LogP contribution in [0, 0.1) is 93.4 Å². The number of nitrogens with zero attached hydrogens (tertiary/aromatic N) is 2. The van der Waals surface area contributed by atoms with Crippen LogP contribution in [0.5, 0.6) is 0 Å². The summed E-state index contributed by atoms with van der Waals surface area (Å²) in [6.07, 6.45) is 0. The van der Waals surface area contributed by atoms with Crippen molar-refractivity contribution in [1.82, 2.24) is 0 Å². The Bertz CT molecular complexity index is 4410. The van der Waals surface area contributed by atoms with Crippen molar-refractivity contribution in [3.8, 4) is 22.3 Å². The molecular weight excluding hydrogens is 1470 g/mol. The third kappa shape index (κ3) is 8.15. The standard InChI is InChI=1S/C67H42IN2O2.2U/c1-42-14-8-17-46(38-42)48-19-10-22-51(40-48)69(60-27-12-25-53-52-23-6-7-29-62(52)71-66(53)60)58-36-32-44-31-35-57-59(37-33-45-30-34-56(58)63(44)64(45)57)70(50-21-9-18-47(39-50)43-15-4-3-5-16-43)61-28-13-26-55-54-24-11-20-49(41-68-2)65(54)72-67(55)61;;/h3-15,17-37H,41H2,1-2H3;;/q-5;2*+2. The van der Waals surface area contributed by atoms with Crippen molar-refractivity contribution in [2.75, 3.05) is 14.7 Å². The van der Waals surface area contributed by atoms with Gasteiger partial charge in [0, 0.05) is 10.8 Å². The van der Waals surface area contributed by atoms with Gasteiger partial charge in [0.2, 0.25) is 0 Å². The first kappa shape index (κ1) is 48.6. The monoisotopic (exact) mass is 1510 g/mol. The Labute approximate surface area is 487 Å². The van der Waals surface area contributed by atoms with E-state index in [4.69, 9.17) is 8.83 Å². The summed E-state index contributed by atoms with van der Waals surface area (Å²) < 4.78 is 15.0. The number of para-hydroxylation sites is 4. The Morgan fingerprint density at radius 3 is 1.53 bits per heavy atom. The quantitative estimate of drug-likeness (QED) is 0.0591. The average molecular weight is 1510 g/mol. The van der Waals surface area contributed by atoms with Gasteiger partial charge in [0.15, 0.2) is 5.58 Å². The third-order valence-corrected chi connectivity index (χ3v) is 15.7. The summed E-state index contributed by atoms with van der Waals surface area (Å²) in [6, 6.07) is 88.0. The van der Waals surface area contributed by atoms with E-state index in [2.05, 4.69) is 234 Å². The van der Waals surface area contributed by atoms with Crippen LogP contribution in [0.1, 0.15) is 11.1 Å². The zero-order valence-electron chi connectivity index (χ0n) is 40.4. The van der Waals surface area contributed by atoms with Crippen LogP contribution in [0.25, 0.3) is 98.4 Å². The molecule has 2 heterocycles. The van der Waals surface area contributed by atoms with Crippen LogP contribution >= 0.6 is 0 Å². The number of hydrogen-bond donors (Lipinski definition) is 0. The molecule has 0 N–H and O–H groups in total. The van der Waals surface area contributed by atoms with E-state index in [1.807, 2.05) is 18.2 Å². The second-order valence-electron chi connectivity index (χ2n) is 18.4. The first-order valence-electron chi connectivity index (χ1n) is 24.2. The van der Waals surface area contributed by atoms with Crippen LogP contribution in [-0.4, -0.2) is 4.93 Å². The normalized spacial score (nSPS) is 11.6. The molecular formula is C67H42IN2O2U2-. The fourth-order valence-electron chi connectivity index (χ4n) is 10.9. The fraction of sp³-hybridized carbons (Fsp3) is 0.0448. The Morgan fingerprint density at radius 2 is 0.905 bits per heavy atom. The van der Waals surface area contributed by atoms with Gasteiger partial charge >= 0.3 is 293 Å². The van der Waals surface area contributed by atoms with Crippen LogP contribution < -0.4 is 31.0 Å². The summed E-state index contributed by atoms with van der Waals surface area (Å²) in [6.45, 7) is 2.08. The van der Waals surface area contributed by atoms with Crippen molar-refractivity contribution >= 4 is 110 Å². The van der Waals surface area contributed by atoms with Gasteiger partial charge in [-0.15, -0.1) is 23.8 Å². The van der Waals surface area contributed by atoms with E-state index in [9.17, 15) is 0 Å². The maximum Gasteiger partial charge on any atom is 2.00 e. The predicted molar refractivity (Wildman–Crippen MR) is 295 cm³/mol. The molecule has 0 aliphatic rings. The van der Waals surface area contributed by atoms with Gasteiger partial charge in [-0.05, 0) is 23.9 Å². The molecule has 0 atom stereocenters. The summed E-state index contributed by atoms with van der Waals surface area (Å²) in [5.74, 6) is 0. The fourth-order valence-corrected chi connectivity index (χ4v) is 12.3. The van der Waals surface area contributed by atoms with Crippen LogP contribution in [0.3, 0.4) is 0 Å². The number of aryl methyl sites for hydroxylation is 1. The largest absolute Gasteiger partial charge is 2.00 e. The number of halogens is 1. The molecule has 2 aromatic heterocycles. The van der Waals surface area contributed by atoms with Crippen LogP contribution in [0.2, 0.25) is 0 Å². The topological polar surface area (TPSA) is 32.8 Å². The maximum atomic E-state index is 7.09. The van der Waals surface area contributed by atoms with E-state index in [1.165, 1.54) is 16.3 Å². The van der Waals surface area contributed by atoms with Crippen LogP contribution in [0.4, 0.5) is 34.1 Å². The Kier molecular flexibility index (Phi) is 13.2. The molecule has 12 aromatic carbocycles. The first-order valence-corrected chi connectivity index (χ1v) is 27.9. The molecule has 0 spiro atoms. The summed E-state index contributed by atoms with van der Waals surface area (Å²) >= 11 is 0.0131. The van der Waals surface area contributed by atoms with E-state index in [0.717, 1.165) is 132 Å². The van der Waals surface area contributed by atoms with E-state index in [1.54, 1.807) is 0 Å². The van der Waals surface area contributed by atoms with Crippen molar-refractivity contribution in [3.05, 3.63) is 242 Å². The van der Waals surface area contributed by atoms with Gasteiger partial charge in [-0.25, -0.2) is 11.1 Å². The zero-order valence-corrected chi connectivity index (χ0v) is 50.9. The van der Waals surface area contributed by atoms with Crippen LogP contribution in [0.15, 0.2) is 215 Å². The Morgan fingerprint density at radius 1 is 0.405 bits per heavy atom. The molecule has 0 saturated heterocycles. The number of anilines is 6. The number of rotatable bonds is 10. The Hall–Kier alpha value is -6.29. The number of hydrogen-bond acceptors (Lipinski definition) is 4. The molecule has 0 bridgehead atoms. The SMILES string of the molecule is C[I-]Cc1cccc2c1oc1c(N(c3[c-]c(-c4[c-]cccc4)ccc3)c3ccc4ccc5c(N(c6[c-]c(-c7[c-]c(C)ccc7)ccc6)c6cccc7c6oc6ccccc67)ccc6ccc3c4c65)cccc12.[U+2].[U+2]. The van der Waals surface area contributed by atoms with Gasteiger partial charge in [-0.3, -0.25) is 0 Å². The molecule has 0 fully saturated rings. The predicted octanol–water partition coefficient (Wildman–Crippen LogP) is 15.4. The molecule has 0 amide bonds. The first-order chi connectivity index (χ1) is 35.6. The smallest absolute Gasteiger partial charge is 2.00 e. The second kappa shape index (κ2) is 20.1. The van der Waals surface area contributed by atoms with Crippen molar-refractivity contribution in [2.45, 2.75) is 11.4 Å². The average Bonchev–Trinajstić information content (AvgIpc) is 4.02. The molecule has 0 aliphatic heterocycles. The zero-order chi connectivity index (χ0) is 47.9. The molecule has 4 nitrogen and oxygen atoms in total. The van der Waals surface area contributed by atoms with Crippen molar-refractivity contribution in [1.29, 1.82) is 0 Å². The molecule has 14 aromatic rings. The molecule has 0 aliphatic carbocycles. The number of fused-ring (bicyclic) bond motifs is 6. The van der Waals surface area contributed by atoms with Crippen molar-refractivity contribution in [3.63, 3.8) is 0 Å². The van der Waals surface area contributed by atoms with E-state index < -0.39 is 0 Å².